The lowest BCUT2D eigenvalue weighted by molar-refractivity contribution is -0.123. The maximum atomic E-state index is 11.9. The van der Waals surface area contributed by atoms with Gasteiger partial charge in [-0.15, -0.1) is 0 Å². The van der Waals surface area contributed by atoms with Crippen molar-refractivity contribution in [3.63, 3.8) is 0 Å². The SMILES string of the molecule is Cc1ccc(C(C)(C)CNC(=O)[C@@H](N)C(C)C)cc1. The quantitative estimate of drug-likeness (QED) is 0.856. The summed E-state index contributed by atoms with van der Waals surface area (Å²) in [5, 5.41) is 2.95. The molecule has 19 heavy (non-hydrogen) atoms. The molecule has 0 aliphatic heterocycles. The molecule has 106 valence electrons. The molecule has 3 nitrogen and oxygen atoms in total. The lowest BCUT2D eigenvalue weighted by atomic mass is 9.84. The Kier molecular flexibility index (Phi) is 5.12. The van der Waals surface area contributed by atoms with E-state index in [-0.39, 0.29) is 17.2 Å². The summed E-state index contributed by atoms with van der Waals surface area (Å²) in [6.07, 6.45) is 0. The molecule has 0 aliphatic carbocycles. The molecule has 0 radical (unpaired) electrons. The number of hydrogen-bond acceptors (Lipinski definition) is 2. The summed E-state index contributed by atoms with van der Waals surface area (Å²) in [6, 6.07) is 7.99. The summed E-state index contributed by atoms with van der Waals surface area (Å²) in [4.78, 5) is 11.9. The Morgan fingerprint density at radius 1 is 1.26 bits per heavy atom. The van der Waals surface area contributed by atoms with Gasteiger partial charge in [-0.3, -0.25) is 4.79 Å². The molecule has 0 heterocycles. The van der Waals surface area contributed by atoms with Gasteiger partial charge in [-0.25, -0.2) is 0 Å². The number of hydrogen-bond donors (Lipinski definition) is 2. The second kappa shape index (κ2) is 6.20. The van der Waals surface area contributed by atoms with Crippen LogP contribution in [0.4, 0.5) is 0 Å². The number of aryl methyl sites for hydroxylation is 1. The maximum absolute atomic E-state index is 11.9. The van der Waals surface area contributed by atoms with E-state index in [9.17, 15) is 4.79 Å². The average molecular weight is 262 g/mol. The van der Waals surface area contributed by atoms with Gasteiger partial charge in [-0.1, -0.05) is 57.5 Å². The van der Waals surface area contributed by atoms with Gasteiger partial charge in [0.1, 0.15) is 0 Å². The lowest BCUT2D eigenvalue weighted by Gasteiger charge is -2.27. The van der Waals surface area contributed by atoms with Crippen LogP contribution < -0.4 is 11.1 Å². The smallest absolute Gasteiger partial charge is 0.237 e. The van der Waals surface area contributed by atoms with E-state index in [1.54, 1.807) is 0 Å². The molecule has 1 aromatic carbocycles. The predicted molar refractivity (Wildman–Crippen MR) is 80.0 cm³/mol. The van der Waals surface area contributed by atoms with Crippen molar-refractivity contribution in [1.82, 2.24) is 5.32 Å². The monoisotopic (exact) mass is 262 g/mol. The van der Waals surface area contributed by atoms with Crippen molar-refractivity contribution in [1.29, 1.82) is 0 Å². The summed E-state index contributed by atoms with van der Waals surface area (Å²) in [6.45, 7) is 10.8. The first-order chi connectivity index (χ1) is 8.74. The largest absolute Gasteiger partial charge is 0.354 e. The molecule has 1 amide bonds. The van der Waals surface area contributed by atoms with Crippen LogP contribution in [0.3, 0.4) is 0 Å². The van der Waals surface area contributed by atoms with Crippen molar-refractivity contribution in [3.8, 4) is 0 Å². The van der Waals surface area contributed by atoms with Crippen LogP contribution in [0.2, 0.25) is 0 Å². The molecule has 1 rings (SSSR count). The van der Waals surface area contributed by atoms with Gasteiger partial charge in [0, 0.05) is 12.0 Å². The molecule has 0 bridgehead atoms. The van der Waals surface area contributed by atoms with E-state index in [0.29, 0.717) is 6.54 Å². The number of amides is 1. The van der Waals surface area contributed by atoms with Crippen molar-refractivity contribution < 1.29 is 4.79 Å². The third-order valence-electron chi connectivity index (χ3n) is 3.56. The van der Waals surface area contributed by atoms with E-state index in [0.717, 1.165) is 0 Å². The molecule has 0 unspecified atom stereocenters. The fourth-order valence-electron chi connectivity index (χ4n) is 1.84. The molecule has 1 aromatic rings. The molecule has 0 fully saturated rings. The zero-order valence-corrected chi connectivity index (χ0v) is 12.7. The highest BCUT2D eigenvalue weighted by atomic mass is 16.2. The van der Waals surface area contributed by atoms with Gasteiger partial charge in [-0.2, -0.15) is 0 Å². The third-order valence-corrected chi connectivity index (χ3v) is 3.56. The van der Waals surface area contributed by atoms with Crippen LogP contribution in [0.15, 0.2) is 24.3 Å². The first-order valence-corrected chi connectivity index (χ1v) is 6.84. The van der Waals surface area contributed by atoms with Gasteiger partial charge in [0.2, 0.25) is 5.91 Å². The van der Waals surface area contributed by atoms with Crippen molar-refractivity contribution in [3.05, 3.63) is 35.4 Å². The van der Waals surface area contributed by atoms with Gasteiger partial charge in [0.15, 0.2) is 0 Å². The number of nitrogens with one attached hydrogen (secondary N) is 1. The molecule has 3 heteroatoms. The predicted octanol–water partition coefficient (Wildman–Crippen LogP) is 2.37. The van der Waals surface area contributed by atoms with Crippen LogP contribution in [0.5, 0.6) is 0 Å². The fourth-order valence-corrected chi connectivity index (χ4v) is 1.84. The molecular formula is C16H26N2O. The van der Waals surface area contributed by atoms with Crippen LogP contribution in [0.1, 0.15) is 38.8 Å². The van der Waals surface area contributed by atoms with Crippen LogP contribution in [-0.4, -0.2) is 18.5 Å². The Labute approximate surface area is 116 Å². The van der Waals surface area contributed by atoms with E-state index in [2.05, 4.69) is 50.4 Å². The van der Waals surface area contributed by atoms with Crippen LogP contribution >= 0.6 is 0 Å². The standard InChI is InChI=1S/C16H26N2O/c1-11(2)14(17)15(19)18-10-16(4,5)13-8-6-12(3)7-9-13/h6-9,11,14H,10,17H2,1-5H3,(H,18,19)/t14-/m0/s1. The number of nitrogens with two attached hydrogens (primary N) is 1. The topological polar surface area (TPSA) is 55.1 Å². The van der Waals surface area contributed by atoms with Crippen LogP contribution in [0, 0.1) is 12.8 Å². The Bertz CT molecular complexity index is 421. The van der Waals surface area contributed by atoms with Gasteiger partial charge < -0.3 is 11.1 Å². The third kappa shape index (κ3) is 4.35. The second-order valence-electron chi connectivity index (χ2n) is 6.24. The number of carbonyl (C=O) groups is 1. The highest BCUT2D eigenvalue weighted by molar-refractivity contribution is 5.81. The van der Waals surface area contributed by atoms with Crippen molar-refractivity contribution in [2.45, 2.75) is 46.1 Å². The summed E-state index contributed by atoms with van der Waals surface area (Å²) in [5.74, 6) is 0.0812. The van der Waals surface area contributed by atoms with E-state index in [1.807, 2.05) is 13.8 Å². The molecule has 0 spiro atoms. The molecule has 0 aromatic heterocycles. The van der Waals surface area contributed by atoms with Gasteiger partial charge >= 0.3 is 0 Å². The number of rotatable bonds is 5. The van der Waals surface area contributed by atoms with Gasteiger partial charge in [-0.05, 0) is 18.4 Å². The Balaban J connectivity index is 2.65. The van der Waals surface area contributed by atoms with Gasteiger partial charge in [0.05, 0.1) is 6.04 Å². The Morgan fingerprint density at radius 2 is 1.79 bits per heavy atom. The van der Waals surface area contributed by atoms with Crippen molar-refractivity contribution in [2.75, 3.05) is 6.54 Å². The van der Waals surface area contributed by atoms with Crippen LogP contribution in [-0.2, 0) is 10.2 Å². The normalized spacial score (nSPS) is 13.4. The molecule has 3 N–H and O–H groups in total. The summed E-state index contributed by atoms with van der Waals surface area (Å²) in [5.41, 5.74) is 8.20. The highest BCUT2D eigenvalue weighted by Gasteiger charge is 2.23. The molecule has 0 aliphatic rings. The maximum Gasteiger partial charge on any atom is 0.237 e. The minimum atomic E-state index is -0.436. The first-order valence-electron chi connectivity index (χ1n) is 6.84. The summed E-state index contributed by atoms with van der Waals surface area (Å²) >= 11 is 0. The zero-order chi connectivity index (χ0) is 14.6. The number of carbonyl (C=O) groups excluding carboxylic acids is 1. The zero-order valence-electron chi connectivity index (χ0n) is 12.7. The first kappa shape index (κ1) is 15.7. The minimum absolute atomic E-state index is 0.0739. The highest BCUT2D eigenvalue weighted by Crippen LogP contribution is 2.22. The molecular weight excluding hydrogens is 236 g/mol. The fraction of sp³-hybridized carbons (Fsp3) is 0.562. The Hall–Kier alpha value is -1.35. The van der Waals surface area contributed by atoms with Crippen molar-refractivity contribution in [2.24, 2.45) is 11.7 Å². The minimum Gasteiger partial charge on any atom is -0.354 e. The van der Waals surface area contributed by atoms with E-state index in [4.69, 9.17) is 5.73 Å². The van der Waals surface area contributed by atoms with E-state index >= 15 is 0 Å². The molecule has 1 atom stereocenters. The summed E-state index contributed by atoms with van der Waals surface area (Å²) < 4.78 is 0. The Morgan fingerprint density at radius 3 is 2.26 bits per heavy atom. The average Bonchev–Trinajstić information content (AvgIpc) is 2.35. The molecule has 0 saturated carbocycles. The van der Waals surface area contributed by atoms with Gasteiger partial charge in [0.25, 0.3) is 0 Å². The summed E-state index contributed by atoms with van der Waals surface area (Å²) in [7, 11) is 0. The number of benzene rings is 1. The second-order valence-corrected chi connectivity index (χ2v) is 6.24. The van der Waals surface area contributed by atoms with E-state index < -0.39 is 6.04 Å². The lowest BCUT2D eigenvalue weighted by Crippen LogP contribution is -2.47. The van der Waals surface area contributed by atoms with E-state index in [1.165, 1.54) is 11.1 Å². The molecule has 0 saturated heterocycles. The van der Waals surface area contributed by atoms with Crippen LogP contribution in [0.25, 0.3) is 0 Å². The van der Waals surface area contributed by atoms with Crippen molar-refractivity contribution >= 4 is 5.91 Å².